The van der Waals surface area contributed by atoms with Crippen LogP contribution in [0.1, 0.15) is 22.3 Å². The van der Waals surface area contributed by atoms with Gasteiger partial charge >= 0.3 is 0 Å². The summed E-state index contributed by atoms with van der Waals surface area (Å²) in [4.78, 5) is 37.0. The molecule has 1 heterocycles. The number of carbonyl (C=O) groups is 2. The van der Waals surface area contributed by atoms with Crippen molar-refractivity contribution in [2.45, 2.75) is 13.3 Å². The summed E-state index contributed by atoms with van der Waals surface area (Å²) in [6.07, 6.45) is 0.610. The molecule has 1 N–H and O–H groups in total. The van der Waals surface area contributed by atoms with E-state index in [1.807, 2.05) is 31.2 Å². The van der Waals surface area contributed by atoms with Crippen LogP contribution in [0.15, 0.2) is 66.7 Å². The number of anilines is 2. The van der Waals surface area contributed by atoms with Gasteiger partial charge in [0.15, 0.2) is 6.61 Å². The molecule has 4 rings (SSSR count). The number of nitrogens with one attached hydrogen (secondary N) is 1. The van der Waals surface area contributed by atoms with Crippen LogP contribution in [0.3, 0.4) is 0 Å². The van der Waals surface area contributed by atoms with E-state index in [0.717, 1.165) is 11.3 Å². The van der Waals surface area contributed by atoms with E-state index in [1.165, 1.54) is 24.3 Å². The molecule has 1 aliphatic heterocycles. The molecule has 174 valence electrons. The minimum atomic E-state index is -0.525. The molecule has 0 unspecified atom stereocenters. The molecule has 34 heavy (non-hydrogen) atoms. The molecular formula is C25H23N3O6. The van der Waals surface area contributed by atoms with E-state index in [9.17, 15) is 19.7 Å². The van der Waals surface area contributed by atoms with Gasteiger partial charge in [-0.3, -0.25) is 19.7 Å². The number of carbonyl (C=O) groups excluding carboxylic acids is 2. The molecule has 9 heteroatoms. The minimum Gasteiger partial charge on any atom is -0.494 e. The van der Waals surface area contributed by atoms with Gasteiger partial charge in [-0.15, -0.1) is 0 Å². The Morgan fingerprint density at radius 2 is 1.94 bits per heavy atom. The van der Waals surface area contributed by atoms with Crippen molar-refractivity contribution < 1.29 is 24.0 Å². The molecule has 0 bridgehead atoms. The SMILES string of the molecule is Cc1cccc(OCCCN2C(=O)COc3ccc(NC(=O)c4ccc([N+](=O)[O-])cc4)cc32)c1. The number of fused-ring (bicyclic) bond motifs is 1. The molecule has 0 radical (unpaired) electrons. The summed E-state index contributed by atoms with van der Waals surface area (Å²) in [5, 5.41) is 13.6. The lowest BCUT2D eigenvalue weighted by Crippen LogP contribution is -2.39. The first-order chi connectivity index (χ1) is 16.4. The molecule has 0 fully saturated rings. The summed E-state index contributed by atoms with van der Waals surface area (Å²) in [6.45, 7) is 2.81. The molecular weight excluding hydrogens is 438 g/mol. The first kappa shape index (κ1) is 22.8. The topological polar surface area (TPSA) is 111 Å². The van der Waals surface area contributed by atoms with Crippen LogP contribution in [0, 0.1) is 17.0 Å². The van der Waals surface area contributed by atoms with Crippen LogP contribution in [0.2, 0.25) is 0 Å². The van der Waals surface area contributed by atoms with E-state index >= 15 is 0 Å². The second kappa shape index (κ2) is 10.0. The van der Waals surface area contributed by atoms with Crippen LogP contribution in [0.25, 0.3) is 0 Å². The Hall–Kier alpha value is -4.40. The van der Waals surface area contributed by atoms with Gasteiger partial charge in [0.05, 0.1) is 17.2 Å². The summed E-state index contributed by atoms with van der Waals surface area (Å²) in [7, 11) is 0. The lowest BCUT2D eigenvalue weighted by molar-refractivity contribution is -0.384. The lowest BCUT2D eigenvalue weighted by Gasteiger charge is -2.30. The Labute approximate surface area is 196 Å². The number of nitro benzene ring substituents is 1. The predicted molar refractivity (Wildman–Crippen MR) is 127 cm³/mol. The van der Waals surface area contributed by atoms with Gasteiger partial charge in [-0.2, -0.15) is 0 Å². The zero-order chi connectivity index (χ0) is 24.1. The number of aryl methyl sites for hydroxylation is 1. The summed E-state index contributed by atoms with van der Waals surface area (Å²) in [5.74, 6) is 0.732. The Morgan fingerprint density at radius 3 is 2.68 bits per heavy atom. The van der Waals surface area contributed by atoms with E-state index in [4.69, 9.17) is 9.47 Å². The van der Waals surface area contributed by atoms with Gasteiger partial charge in [-0.1, -0.05) is 12.1 Å². The van der Waals surface area contributed by atoms with E-state index in [1.54, 1.807) is 23.1 Å². The average Bonchev–Trinajstić information content (AvgIpc) is 2.83. The highest BCUT2D eigenvalue weighted by molar-refractivity contribution is 6.05. The number of hydrogen-bond donors (Lipinski definition) is 1. The second-order valence-corrected chi connectivity index (χ2v) is 7.79. The van der Waals surface area contributed by atoms with Gasteiger partial charge in [0.2, 0.25) is 0 Å². The Balaban J connectivity index is 1.42. The third-order valence-electron chi connectivity index (χ3n) is 5.28. The van der Waals surface area contributed by atoms with Gasteiger partial charge in [-0.25, -0.2) is 0 Å². The number of nitrogens with zero attached hydrogens (tertiary/aromatic N) is 2. The van der Waals surface area contributed by atoms with Crippen molar-refractivity contribution in [3.63, 3.8) is 0 Å². The van der Waals surface area contributed by atoms with E-state index in [-0.39, 0.29) is 23.8 Å². The monoisotopic (exact) mass is 461 g/mol. The Morgan fingerprint density at radius 1 is 1.15 bits per heavy atom. The van der Waals surface area contributed by atoms with E-state index in [0.29, 0.717) is 36.7 Å². The van der Waals surface area contributed by atoms with Crippen molar-refractivity contribution in [2.24, 2.45) is 0 Å². The lowest BCUT2D eigenvalue weighted by atomic mass is 10.1. The zero-order valence-corrected chi connectivity index (χ0v) is 18.5. The molecule has 0 spiro atoms. The third kappa shape index (κ3) is 5.32. The number of benzene rings is 3. The molecule has 1 aliphatic rings. The van der Waals surface area contributed by atoms with Crippen LogP contribution < -0.4 is 19.7 Å². The number of amides is 2. The maximum absolute atomic E-state index is 12.6. The minimum absolute atomic E-state index is 0.0553. The van der Waals surface area contributed by atoms with Crippen LogP contribution in [-0.4, -0.2) is 36.5 Å². The van der Waals surface area contributed by atoms with Gasteiger partial charge in [0, 0.05) is 29.9 Å². The van der Waals surface area contributed by atoms with Crippen molar-refractivity contribution in [2.75, 3.05) is 30.0 Å². The number of hydrogen-bond acceptors (Lipinski definition) is 6. The Bertz CT molecular complexity index is 1230. The van der Waals surface area contributed by atoms with Crippen LogP contribution in [0.4, 0.5) is 17.1 Å². The quantitative estimate of drug-likeness (QED) is 0.303. The van der Waals surface area contributed by atoms with Crippen LogP contribution in [-0.2, 0) is 4.79 Å². The fourth-order valence-corrected chi connectivity index (χ4v) is 3.58. The number of nitro groups is 1. The second-order valence-electron chi connectivity index (χ2n) is 7.79. The van der Waals surface area contributed by atoms with Crippen molar-refractivity contribution in [1.82, 2.24) is 0 Å². The van der Waals surface area contributed by atoms with Crippen molar-refractivity contribution in [1.29, 1.82) is 0 Å². The molecule has 0 aliphatic carbocycles. The standard InChI is InChI=1S/C25H23N3O6/c1-17-4-2-5-21(14-17)33-13-3-12-27-22-15-19(8-11-23(22)34-16-24(27)29)26-25(30)18-6-9-20(10-7-18)28(31)32/h2,4-11,14-15H,3,12-13,16H2,1H3,(H,26,30). The van der Waals surface area contributed by atoms with Gasteiger partial charge in [-0.05, 0) is 61.4 Å². The summed E-state index contributed by atoms with van der Waals surface area (Å²) < 4.78 is 11.3. The molecule has 9 nitrogen and oxygen atoms in total. The van der Waals surface area contributed by atoms with Gasteiger partial charge in [0.1, 0.15) is 11.5 Å². The van der Waals surface area contributed by atoms with Gasteiger partial charge < -0.3 is 19.7 Å². The number of non-ortho nitro benzene ring substituents is 1. The molecule has 3 aromatic carbocycles. The number of ether oxygens (including phenoxy) is 2. The fourth-order valence-electron chi connectivity index (χ4n) is 3.58. The van der Waals surface area contributed by atoms with Gasteiger partial charge in [0.25, 0.3) is 17.5 Å². The summed E-state index contributed by atoms with van der Waals surface area (Å²) in [5.41, 5.74) is 2.33. The highest BCUT2D eigenvalue weighted by atomic mass is 16.6. The molecule has 0 atom stereocenters. The largest absolute Gasteiger partial charge is 0.494 e. The summed E-state index contributed by atoms with van der Waals surface area (Å²) in [6, 6.07) is 18.1. The molecule has 0 aromatic heterocycles. The predicted octanol–water partition coefficient (Wildman–Crippen LogP) is 4.35. The smallest absolute Gasteiger partial charge is 0.269 e. The molecule has 0 saturated carbocycles. The normalized spacial score (nSPS) is 12.5. The zero-order valence-electron chi connectivity index (χ0n) is 18.5. The molecule has 3 aromatic rings. The maximum atomic E-state index is 12.6. The first-order valence-corrected chi connectivity index (χ1v) is 10.7. The third-order valence-corrected chi connectivity index (χ3v) is 5.28. The van der Waals surface area contributed by atoms with E-state index < -0.39 is 10.8 Å². The average molecular weight is 461 g/mol. The van der Waals surface area contributed by atoms with Crippen molar-refractivity contribution >= 4 is 28.9 Å². The van der Waals surface area contributed by atoms with Crippen LogP contribution in [0.5, 0.6) is 11.5 Å². The summed E-state index contributed by atoms with van der Waals surface area (Å²) >= 11 is 0. The molecule has 0 saturated heterocycles. The first-order valence-electron chi connectivity index (χ1n) is 10.7. The Kier molecular flexibility index (Phi) is 6.72. The number of rotatable bonds is 8. The van der Waals surface area contributed by atoms with Crippen molar-refractivity contribution in [3.8, 4) is 11.5 Å². The van der Waals surface area contributed by atoms with E-state index in [2.05, 4.69) is 5.32 Å². The highest BCUT2D eigenvalue weighted by Crippen LogP contribution is 2.35. The fraction of sp³-hybridized carbons (Fsp3) is 0.200. The highest BCUT2D eigenvalue weighted by Gasteiger charge is 2.26. The van der Waals surface area contributed by atoms with Crippen molar-refractivity contribution in [3.05, 3.63) is 88.0 Å². The van der Waals surface area contributed by atoms with Crippen LogP contribution >= 0.6 is 0 Å². The molecule has 2 amide bonds. The maximum Gasteiger partial charge on any atom is 0.269 e.